The van der Waals surface area contributed by atoms with E-state index in [0.29, 0.717) is 17.1 Å². The molecule has 5 heteroatoms. The second-order valence-electron chi connectivity index (χ2n) is 5.15. The number of nitrogens with zero attached hydrogens (tertiary/aromatic N) is 1. The minimum absolute atomic E-state index is 0.0342. The first-order valence-corrected chi connectivity index (χ1v) is 7.02. The summed E-state index contributed by atoms with van der Waals surface area (Å²) < 4.78 is 5.40. The van der Waals surface area contributed by atoms with Crippen LogP contribution in [0, 0.1) is 6.92 Å². The van der Waals surface area contributed by atoms with E-state index < -0.39 is 0 Å². The molecule has 0 fully saturated rings. The van der Waals surface area contributed by atoms with Gasteiger partial charge in [-0.05, 0) is 36.8 Å². The first-order valence-electron chi connectivity index (χ1n) is 7.02. The number of ether oxygens (including phenoxy) is 1. The van der Waals surface area contributed by atoms with Crippen LogP contribution in [0.5, 0.6) is 5.75 Å². The highest BCUT2D eigenvalue weighted by atomic mass is 16.5. The van der Waals surface area contributed by atoms with Gasteiger partial charge in [0.1, 0.15) is 12.3 Å². The van der Waals surface area contributed by atoms with Crippen molar-refractivity contribution in [3.63, 3.8) is 0 Å². The Hall–Kier alpha value is -2.82. The van der Waals surface area contributed by atoms with Gasteiger partial charge in [-0.1, -0.05) is 24.3 Å². The van der Waals surface area contributed by atoms with Crippen molar-refractivity contribution in [1.82, 2.24) is 0 Å². The Labute approximate surface area is 128 Å². The summed E-state index contributed by atoms with van der Waals surface area (Å²) in [4.78, 5) is 25.7. The molecule has 1 aliphatic rings. The largest absolute Gasteiger partial charge is 0.482 e. The molecule has 112 valence electrons. The number of carbonyl (C=O) groups is 2. The Morgan fingerprint density at radius 2 is 2.00 bits per heavy atom. The molecule has 1 aliphatic heterocycles. The highest BCUT2D eigenvalue weighted by Gasteiger charge is 2.27. The van der Waals surface area contributed by atoms with E-state index in [1.165, 1.54) is 4.90 Å². The molecule has 0 unspecified atom stereocenters. The molecular weight excluding hydrogens is 280 g/mol. The zero-order chi connectivity index (χ0) is 15.5. The van der Waals surface area contributed by atoms with E-state index in [1.807, 2.05) is 43.3 Å². The van der Waals surface area contributed by atoms with E-state index in [-0.39, 0.29) is 25.0 Å². The fourth-order valence-corrected chi connectivity index (χ4v) is 2.35. The SMILES string of the molecule is Cc1ccc2c(c1)N(CC(=O)Nc1ccccc1)C(=O)CO2. The van der Waals surface area contributed by atoms with E-state index in [9.17, 15) is 9.59 Å². The highest BCUT2D eigenvalue weighted by molar-refractivity contribution is 6.05. The predicted octanol–water partition coefficient (Wildman–Crippen LogP) is 2.36. The summed E-state index contributed by atoms with van der Waals surface area (Å²) in [5, 5.41) is 2.78. The van der Waals surface area contributed by atoms with Crippen LogP contribution in [0.2, 0.25) is 0 Å². The number of nitrogens with one attached hydrogen (secondary N) is 1. The predicted molar refractivity (Wildman–Crippen MR) is 84.1 cm³/mol. The average Bonchev–Trinajstić information content (AvgIpc) is 2.51. The summed E-state index contributed by atoms with van der Waals surface area (Å²) in [7, 11) is 0. The number of fused-ring (bicyclic) bond motifs is 1. The Morgan fingerprint density at radius 1 is 1.23 bits per heavy atom. The van der Waals surface area contributed by atoms with E-state index in [1.54, 1.807) is 12.1 Å². The summed E-state index contributed by atoms with van der Waals surface area (Å²) in [6, 6.07) is 14.7. The van der Waals surface area contributed by atoms with Crippen molar-refractivity contribution >= 4 is 23.2 Å². The van der Waals surface area contributed by atoms with Gasteiger partial charge in [0.25, 0.3) is 5.91 Å². The molecule has 2 aromatic carbocycles. The van der Waals surface area contributed by atoms with Crippen molar-refractivity contribution in [1.29, 1.82) is 0 Å². The molecule has 0 atom stereocenters. The van der Waals surface area contributed by atoms with Crippen LogP contribution in [-0.4, -0.2) is 25.0 Å². The average molecular weight is 296 g/mol. The van der Waals surface area contributed by atoms with Crippen molar-refractivity contribution in [2.75, 3.05) is 23.4 Å². The molecule has 22 heavy (non-hydrogen) atoms. The zero-order valence-electron chi connectivity index (χ0n) is 12.2. The van der Waals surface area contributed by atoms with E-state index in [2.05, 4.69) is 5.32 Å². The maximum absolute atomic E-state index is 12.2. The van der Waals surface area contributed by atoms with Gasteiger partial charge < -0.3 is 10.1 Å². The normalized spacial score (nSPS) is 13.3. The van der Waals surface area contributed by atoms with Gasteiger partial charge in [-0.3, -0.25) is 14.5 Å². The maximum atomic E-state index is 12.2. The molecule has 0 radical (unpaired) electrons. The number of benzene rings is 2. The van der Waals surface area contributed by atoms with Crippen LogP contribution in [0.25, 0.3) is 0 Å². The second kappa shape index (κ2) is 5.89. The first kappa shape index (κ1) is 14.1. The van der Waals surface area contributed by atoms with Crippen molar-refractivity contribution in [3.8, 4) is 5.75 Å². The van der Waals surface area contributed by atoms with E-state index >= 15 is 0 Å². The molecule has 5 nitrogen and oxygen atoms in total. The molecule has 3 rings (SSSR count). The number of amides is 2. The third kappa shape index (κ3) is 2.93. The van der Waals surface area contributed by atoms with Crippen LogP contribution in [0.15, 0.2) is 48.5 Å². The van der Waals surface area contributed by atoms with Crippen LogP contribution in [-0.2, 0) is 9.59 Å². The number of hydrogen-bond donors (Lipinski definition) is 1. The molecular formula is C17H16N2O3. The fourth-order valence-electron chi connectivity index (χ4n) is 2.35. The monoisotopic (exact) mass is 296 g/mol. The van der Waals surface area contributed by atoms with Gasteiger partial charge in [-0.15, -0.1) is 0 Å². The number of hydrogen-bond acceptors (Lipinski definition) is 3. The lowest BCUT2D eigenvalue weighted by Crippen LogP contribution is -2.43. The Bertz CT molecular complexity index is 713. The van der Waals surface area contributed by atoms with Gasteiger partial charge in [0.05, 0.1) is 5.69 Å². The molecule has 0 saturated carbocycles. The number of carbonyl (C=O) groups excluding carboxylic acids is 2. The quantitative estimate of drug-likeness (QED) is 0.946. The smallest absolute Gasteiger partial charge is 0.265 e. The molecule has 1 N–H and O–H groups in total. The topological polar surface area (TPSA) is 58.6 Å². The standard InChI is InChI=1S/C17H16N2O3/c1-12-7-8-15-14(9-12)19(17(21)11-22-15)10-16(20)18-13-5-3-2-4-6-13/h2-9H,10-11H2,1H3,(H,18,20). The Morgan fingerprint density at radius 3 is 2.77 bits per heavy atom. The molecule has 0 aliphatic carbocycles. The van der Waals surface area contributed by atoms with Gasteiger partial charge in [0, 0.05) is 5.69 Å². The second-order valence-corrected chi connectivity index (χ2v) is 5.15. The molecule has 0 spiro atoms. The summed E-state index contributed by atoms with van der Waals surface area (Å²) in [5.74, 6) is 0.160. The van der Waals surface area contributed by atoms with Gasteiger partial charge >= 0.3 is 0 Å². The lowest BCUT2D eigenvalue weighted by atomic mass is 10.1. The minimum atomic E-state index is -0.242. The highest BCUT2D eigenvalue weighted by Crippen LogP contribution is 2.32. The van der Waals surface area contributed by atoms with Crippen molar-refractivity contribution in [3.05, 3.63) is 54.1 Å². The zero-order valence-corrected chi connectivity index (χ0v) is 12.2. The lowest BCUT2D eigenvalue weighted by molar-refractivity contribution is -0.123. The van der Waals surface area contributed by atoms with Crippen LogP contribution < -0.4 is 15.0 Å². The maximum Gasteiger partial charge on any atom is 0.265 e. The van der Waals surface area contributed by atoms with Crippen LogP contribution in [0.1, 0.15) is 5.56 Å². The van der Waals surface area contributed by atoms with Crippen molar-refractivity contribution in [2.45, 2.75) is 6.92 Å². The molecule has 2 amide bonds. The number of aryl methyl sites for hydroxylation is 1. The molecule has 0 aromatic heterocycles. The molecule has 1 heterocycles. The van der Waals surface area contributed by atoms with Crippen LogP contribution >= 0.6 is 0 Å². The number of anilines is 2. The van der Waals surface area contributed by atoms with E-state index in [0.717, 1.165) is 5.56 Å². The third-order valence-electron chi connectivity index (χ3n) is 3.42. The van der Waals surface area contributed by atoms with Crippen LogP contribution in [0.3, 0.4) is 0 Å². The summed E-state index contributed by atoms with van der Waals surface area (Å²) in [6.45, 7) is 1.85. The van der Waals surface area contributed by atoms with Gasteiger partial charge in [0.15, 0.2) is 6.61 Å². The van der Waals surface area contributed by atoms with Gasteiger partial charge in [-0.2, -0.15) is 0 Å². The summed E-state index contributed by atoms with van der Waals surface area (Å²) in [6.07, 6.45) is 0. The summed E-state index contributed by atoms with van der Waals surface area (Å²) in [5.41, 5.74) is 2.35. The number of rotatable bonds is 3. The van der Waals surface area contributed by atoms with Gasteiger partial charge in [-0.25, -0.2) is 0 Å². The lowest BCUT2D eigenvalue weighted by Gasteiger charge is -2.29. The first-order chi connectivity index (χ1) is 10.6. The van der Waals surface area contributed by atoms with Crippen LogP contribution in [0.4, 0.5) is 11.4 Å². The fraction of sp³-hybridized carbons (Fsp3) is 0.176. The molecule has 2 aromatic rings. The van der Waals surface area contributed by atoms with Crippen molar-refractivity contribution < 1.29 is 14.3 Å². The Kier molecular flexibility index (Phi) is 3.78. The third-order valence-corrected chi connectivity index (χ3v) is 3.42. The molecule has 0 saturated heterocycles. The number of para-hydroxylation sites is 1. The minimum Gasteiger partial charge on any atom is -0.482 e. The van der Waals surface area contributed by atoms with Crippen molar-refractivity contribution in [2.24, 2.45) is 0 Å². The van der Waals surface area contributed by atoms with E-state index in [4.69, 9.17) is 4.74 Å². The summed E-state index contributed by atoms with van der Waals surface area (Å²) >= 11 is 0. The Balaban J connectivity index is 1.78. The van der Waals surface area contributed by atoms with Gasteiger partial charge in [0.2, 0.25) is 5.91 Å². The molecule has 0 bridgehead atoms.